The van der Waals surface area contributed by atoms with Crippen LogP contribution in [0.3, 0.4) is 0 Å². The van der Waals surface area contributed by atoms with Crippen molar-refractivity contribution in [2.75, 3.05) is 0 Å². The molecular formula is C12H9N3O. The fourth-order valence-corrected chi connectivity index (χ4v) is 1.38. The number of rotatable bonds is 3. The molecule has 2 rings (SSSR count). The average Bonchev–Trinajstić information content (AvgIpc) is 2.83. The molecule has 0 bridgehead atoms. The lowest BCUT2D eigenvalue weighted by molar-refractivity contribution is 0.0984. The molecule has 0 aliphatic heterocycles. The largest absolute Gasteiger partial charge is 0.342 e. The van der Waals surface area contributed by atoms with Crippen LogP contribution in [-0.2, 0) is 6.42 Å². The van der Waals surface area contributed by atoms with E-state index in [1.54, 1.807) is 36.7 Å². The molecule has 2 aromatic rings. The summed E-state index contributed by atoms with van der Waals surface area (Å²) in [5, 5.41) is 8.63. The van der Waals surface area contributed by atoms with E-state index in [2.05, 4.69) is 9.97 Å². The molecule has 78 valence electrons. The van der Waals surface area contributed by atoms with E-state index >= 15 is 0 Å². The third-order valence-corrected chi connectivity index (χ3v) is 2.21. The van der Waals surface area contributed by atoms with Gasteiger partial charge < -0.3 is 4.98 Å². The lowest BCUT2D eigenvalue weighted by Gasteiger charge is -1.98. The van der Waals surface area contributed by atoms with Crippen molar-refractivity contribution in [1.29, 1.82) is 5.26 Å². The normalized spacial score (nSPS) is 9.69. The zero-order valence-electron chi connectivity index (χ0n) is 8.47. The van der Waals surface area contributed by atoms with Crippen LogP contribution in [0.4, 0.5) is 0 Å². The lowest BCUT2D eigenvalue weighted by Crippen LogP contribution is -2.05. The standard InChI is InChI=1S/C12H9N3O/c13-8-10-3-1-9(2-4-10)7-11(16)12-14-5-6-15-12/h1-6H,7H2,(H,14,15). The summed E-state index contributed by atoms with van der Waals surface area (Å²) in [5.41, 5.74) is 1.47. The van der Waals surface area contributed by atoms with Crippen molar-refractivity contribution in [3.8, 4) is 6.07 Å². The molecule has 16 heavy (non-hydrogen) atoms. The van der Waals surface area contributed by atoms with E-state index in [1.165, 1.54) is 0 Å². The number of nitriles is 1. The molecule has 0 unspecified atom stereocenters. The Morgan fingerprint density at radius 2 is 2.12 bits per heavy atom. The van der Waals surface area contributed by atoms with Crippen LogP contribution in [0.15, 0.2) is 36.7 Å². The second kappa shape index (κ2) is 4.41. The molecule has 1 N–H and O–H groups in total. The molecule has 4 nitrogen and oxygen atoms in total. The molecule has 0 saturated heterocycles. The highest BCUT2D eigenvalue weighted by Gasteiger charge is 2.08. The zero-order chi connectivity index (χ0) is 11.4. The third-order valence-electron chi connectivity index (χ3n) is 2.21. The first-order valence-corrected chi connectivity index (χ1v) is 4.81. The first kappa shape index (κ1) is 10.1. The first-order chi connectivity index (χ1) is 7.79. The van der Waals surface area contributed by atoms with E-state index in [1.807, 2.05) is 6.07 Å². The number of nitrogens with one attached hydrogen (secondary N) is 1. The maximum atomic E-state index is 11.7. The van der Waals surface area contributed by atoms with Crippen LogP contribution in [0.2, 0.25) is 0 Å². The number of Topliss-reactive ketones (excluding diaryl/α,β-unsaturated/α-hetero) is 1. The van der Waals surface area contributed by atoms with E-state index in [9.17, 15) is 4.79 Å². The Morgan fingerprint density at radius 3 is 2.69 bits per heavy atom. The minimum atomic E-state index is -0.0605. The van der Waals surface area contributed by atoms with Gasteiger partial charge in [-0.05, 0) is 17.7 Å². The Morgan fingerprint density at radius 1 is 1.38 bits per heavy atom. The van der Waals surface area contributed by atoms with Gasteiger partial charge in [-0.2, -0.15) is 5.26 Å². The predicted octanol–water partition coefficient (Wildman–Crippen LogP) is 1.71. The van der Waals surface area contributed by atoms with Gasteiger partial charge in [-0.15, -0.1) is 0 Å². The van der Waals surface area contributed by atoms with E-state index in [-0.39, 0.29) is 5.78 Å². The minimum absolute atomic E-state index is 0.0605. The Kier molecular flexibility index (Phi) is 2.79. The van der Waals surface area contributed by atoms with Gasteiger partial charge >= 0.3 is 0 Å². The number of H-pyrrole nitrogens is 1. The molecule has 0 saturated carbocycles. The molecule has 1 aromatic carbocycles. The summed E-state index contributed by atoms with van der Waals surface area (Å²) < 4.78 is 0. The molecule has 0 spiro atoms. The fraction of sp³-hybridized carbons (Fsp3) is 0.0833. The van der Waals surface area contributed by atoms with Gasteiger partial charge in [0.1, 0.15) is 0 Å². The number of nitrogens with zero attached hydrogens (tertiary/aromatic N) is 2. The van der Waals surface area contributed by atoms with Crippen LogP contribution < -0.4 is 0 Å². The van der Waals surface area contributed by atoms with Gasteiger partial charge in [0.05, 0.1) is 11.6 Å². The molecule has 0 aliphatic carbocycles. The fourth-order valence-electron chi connectivity index (χ4n) is 1.38. The van der Waals surface area contributed by atoms with Crippen molar-refractivity contribution in [3.05, 3.63) is 53.6 Å². The topological polar surface area (TPSA) is 69.5 Å². The number of ketones is 1. The molecule has 0 amide bonds. The smallest absolute Gasteiger partial charge is 0.202 e. The van der Waals surface area contributed by atoms with Crippen molar-refractivity contribution in [2.24, 2.45) is 0 Å². The third kappa shape index (κ3) is 2.15. The number of hydrogen-bond donors (Lipinski definition) is 1. The summed E-state index contributed by atoms with van der Waals surface area (Å²) in [6.45, 7) is 0. The summed E-state index contributed by atoms with van der Waals surface area (Å²) in [4.78, 5) is 18.3. The van der Waals surface area contributed by atoms with Gasteiger partial charge in [0.15, 0.2) is 5.82 Å². The molecule has 0 aliphatic rings. The van der Waals surface area contributed by atoms with E-state index < -0.39 is 0 Å². The number of imidazole rings is 1. The first-order valence-electron chi connectivity index (χ1n) is 4.81. The number of carbonyl (C=O) groups is 1. The van der Waals surface area contributed by atoms with Gasteiger partial charge in [0.2, 0.25) is 5.78 Å². The van der Waals surface area contributed by atoms with Crippen molar-refractivity contribution in [2.45, 2.75) is 6.42 Å². The number of aromatic nitrogens is 2. The highest BCUT2D eigenvalue weighted by molar-refractivity contribution is 5.94. The second-order valence-corrected chi connectivity index (χ2v) is 3.35. The summed E-state index contributed by atoms with van der Waals surface area (Å²) >= 11 is 0. The van der Waals surface area contributed by atoms with Crippen LogP contribution in [0.1, 0.15) is 21.7 Å². The molecule has 4 heteroatoms. The van der Waals surface area contributed by atoms with Crippen molar-refractivity contribution < 1.29 is 4.79 Å². The van der Waals surface area contributed by atoms with Crippen LogP contribution in [0.25, 0.3) is 0 Å². The van der Waals surface area contributed by atoms with E-state index in [0.29, 0.717) is 17.8 Å². The van der Waals surface area contributed by atoms with Crippen LogP contribution in [0, 0.1) is 11.3 Å². The maximum absolute atomic E-state index is 11.7. The van der Waals surface area contributed by atoms with Gasteiger partial charge in [-0.3, -0.25) is 4.79 Å². The number of aromatic amines is 1. The van der Waals surface area contributed by atoms with E-state index in [0.717, 1.165) is 5.56 Å². The monoisotopic (exact) mass is 211 g/mol. The van der Waals surface area contributed by atoms with E-state index in [4.69, 9.17) is 5.26 Å². The molecule has 0 atom stereocenters. The molecule has 0 radical (unpaired) electrons. The highest BCUT2D eigenvalue weighted by atomic mass is 16.1. The van der Waals surface area contributed by atoms with Crippen molar-refractivity contribution in [3.63, 3.8) is 0 Å². The number of carbonyl (C=O) groups excluding carboxylic acids is 1. The Hall–Kier alpha value is -2.41. The SMILES string of the molecule is N#Cc1ccc(CC(=O)c2ncc[nH]2)cc1. The average molecular weight is 211 g/mol. The molecule has 0 fully saturated rings. The van der Waals surface area contributed by atoms with Crippen LogP contribution >= 0.6 is 0 Å². The Bertz CT molecular complexity index is 520. The predicted molar refractivity (Wildman–Crippen MR) is 57.8 cm³/mol. The number of benzene rings is 1. The molecular weight excluding hydrogens is 202 g/mol. The summed E-state index contributed by atoms with van der Waals surface area (Å²) in [7, 11) is 0. The van der Waals surface area contributed by atoms with Gasteiger partial charge in [0.25, 0.3) is 0 Å². The van der Waals surface area contributed by atoms with Crippen molar-refractivity contribution in [1.82, 2.24) is 9.97 Å². The molecule has 1 heterocycles. The maximum Gasteiger partial charge on any atom is 0.202 e. The summed E-state index contributed by atoms with van der Waals surface area (Å²) in [5.74, 6) is 0.305. The molecule has 1 aromatic heterocycles. The Balaban J connectivity index is 2.10. The van der Waals surface area contributed by atoms with Crippen molar-refractivity contribution >= 4 is 5.78 Å². The zero-order valence-corrected chi connectivity index (χ0v) is 8.47. The summed E-state index contributed by atoms with van der Waals surface area (Å²) in [6, 6.07) is 8.98. The lowest BCUT2D eigenvalue weighted by atomic mass is 10.1. The van der Waals surface area contributed by atoms with Gasteiger partial charge in [0, 0.05) is 18.8 Å². The van der Waals surface area contributed by atoms with Gasteiger partial charge in [-0.1, -0.05) is 12.1 Å². The highest BCUT2D eigenvalue weighted by Crippen LogP contribution is 2.06. The number of hydrogen-bond acceptors (Lipinski definition) is 3. The van der Waals surface area contributed by atoms with Crippen LogP contribution in [0.5, 0.6) is 0 Å². The van der Waals surface area contributed by atoms with Crippen LogP contribution in [-0.4, -0.2) is 15.8 Å². The second-order valence-electron chi connectivity index (χ2n) is 3.35. The van der Waals surface area contributed by atoms with Gasteiger partial charge in [-0.25, -0.2) is 4.98 Å². The minimum Gasteiger partial charge on any atom is -0.342 e. The Labute approximate surface area is 92.6 Å². The summed E-state index contributed by atoms with van der Waals surface area (Å²) in [6.07, 6.45) is 3.46. The quantitative estimate of drug-likeness (QED) is 0.785.